The molecule has 1 fully saturated rings. The summed E-state index contributed by atoms with van der Waals surface area (Å²) in [6, 6.07) is 1.11. The van der Waals surface area contributed by atoms with Gasteiger partial charge in [-0.05, 0) is 34.8 Å². The molecule has 0 radical (unpaired) electrons. The third-order valence-electron chi connectivity index (χ3n) is 3.29. The van der Waals surface area contributed by atoms with Crippen molar-refractivity contribution >= 4 is 33.6 Å². The van der Waals surface area contributed by atoms with Gasteiger partial charge in [-0.25, -0.2) is 13.6 Å². The van der Waals surface area contributed by atoms with Crippen LogP contribution in [0.2, 0.25) is 0 Å². The maximum atomic E-state index is 13.4. The molecule has 1 atom stereocenters. The number of carbonyl (C=O) groups is 2. The van der Waals surface area contributed by atoms with Crippen molar-refractivity contribution in [3.05, 3.63) is 28.2 Å². The number of anilines is 1. The number of carboxylic acids is 1. The first-order chi connectivity index (χ1) is 9.88. The molecule has 21 heavy (non-hydrogen) atoms. The number of rotatable bonds is 2. The molecule has 1 heterocycles. The summed E-state index contributed by atoms with van der Waals surface area (Å²) in [6.45, 7) is 0.488. The number of carbonyl (C=O) groups excluding carboxylic acids is 1. The summed E-state index contributed by atoms with van der Waals surface area (Å²) < 4.78 is 26.5. The number of likely N-dealkylation sites (tertiary alicyclic amines) is 1. The lowest BCUT2D eigenvalue weighted by atomic mass is 9.99. The highest BCUT2D eigenvalue weighted by atomic mass is 79.9. The molecule has 8 heteroatoms. The number of amides is 2. The molecule has 1 saturated heterocycles. The first-order valence-corrected chi connectivity index (χ1v) is 7.11. The van der Waals surface area contributed by atoms with Crippen LogP contribution < -0.4 is 5.32 Å². The molecule has 2 amide bonds. The van der Waals surface area contributed by atoms with E-state index in [-0.39, 0.29) is 16.7 Å². The molecule has 0 saturated carbocycles. The Morgan fingerprint density at radius 1 is 1.38 bits per heavy atom. The van der Waals surface area contributed by atoms with Gasteiger partial charge in [-0.2, -0.15) is 0 Å². The van der Waals surface area contributed by atoms with Crippen molar-refractivity contribution in [2.24, 2.45) is 5.92 Å². The van der Waals surface area contributed by atoms with Gasteiger partial charge in [0, 0.05) is 19.2 Å². The molecule has 1 aliphatic rings. The Morgan fingerprint density at radius 2 is 2.10 bits per heavy atom. The van der Waals surface area contributed by atoms with Gasteiger partial charge >= 0.3 is 12.0 Å². The number of nitrogens with zero attached hydrogens (tertiary/aromatic N) is 1. The predicted octanol–water partition coefficient (Wildman–Crippen LogP) is 3.06. The van der Waals surface area contributed by atoms with Gasteiger partial charge in [-0.1, -0.05) is 0 Å². The lowest BCUT2D eigenvalue weighted by molar-refractivity contribution is -0.143. The van der Waals surface area contributed by atoms with Crippen molar-refractivity contribution in [3.8, 4) is 0 Å². The largest absolute Gasteiger partial charge is 0.481 e. The number of piperidine rings is 1. The maximum Gasteiger partial charge on any atom is 0.321 e. The molecule has 0 aliphatic carbocycles. The molecule has 1 aliphatic heterocycles. The average molecular weight is 363 g/mol. The fourth-order valence-electron chi connectivity index (χ4n) is 2.20. The lowest BCUT2D eigenvalue weighted by Gasteiger charge is -2.30. The second kappa shape index (κ2) is 6.38. The van der Waals surface area contributed by atoms with E-state index in [2.05, 4.69) is 21.2 Å². The Kier molecular flexibility index (Phi) is 4.76. The van der Waals surface area contributed by atoms with Crippen LogP contribution in [0, 0.1) is 17.6 Å². The topological polar surface area (TPSA) is 69.6 Å². The molecule has 0 bridgehead atoms. The molecule has 1 aromatic rings. The zero-order valence-corrected chi connectivity index (χ0v) is 12.5. The smallest absolute Gasteiger partial charge is 0.321 e. The zero-order chi connectivity index (χ0) is 15.6. The summed E-state index contributed by atoms with van der Waals surface area (Å²) in [5.41, 5.74) is -0.0325. The van der Waals surface area contributed by atoms with Crippen LogP contribution in [0.15, 0.2) is 16.6 Å². The van der Waals surface area contributed by atoms with E-state index in [1.54, 1.807) is 0 Å². The van der Waals surface area contributed by atoms with E-state index in [0.717, 1.165) is 6.07 Å². The molecular weight excluding hydrogens is 350 g/mol. The van der Waals surface area contributed by atoms with Crippen LogP contribution in [0.3, 0.4) is 0 Å². The van der Waals surface area contributed by atoms with Crippen LogP contribution in [0.1, 0.15) is 12.8 Å². The van der Waals surface area contributed by atoms with E-state index < -0.39 is 29.6 Å². The standard InChI is InChI=1S/C13H13BrF2N2O3/c14-11-9(16)4-8(15)5-10(11)17-13(21)18-3-1-2-7(6-18)12(19)20/h4-5,7H,1-3,6H2,(H,17,21)(H,19,20). The van der Waals surface area contributed by atoms with Crippen LogP contribution in [0.5, 0.6) is 0 Å². The van der Waals surface area contributed by atoms with E-state index in [0.29, 0.717) is 25.5 Å². The number of nitrogens with one attached hydrogen (secondary N) is 1. The van der Waals surface area contributed by atoms with Crippen molar-refractivity contribution < 1.29 is 23.5 Å². The molecule has 114 valence electrons. The van der Waals surface area contributed by atoms with Gasteiger partial charge in [0.15, 0.2) is 0 Å². The third-order valence-corrected chi connectivity index (χ3v) is 4.10. The molecule has 0 spiro atoms. The van der Waals surface area contributed by atoms with Gasteiger partial charge in [0.05, 0.1) is 16.1 Å². The number of urea groups is 1. The van der Waals surface area contributed by atoms with Crippen molar-refractivity contribution in [1.29, 1.82) is 0 Å². The number of hydrogen-bond donors (Lipinski definition) is 2. The minimum absolute atomic E-state index is 0.0325. The van der Waals surface area contributed by atoms with E-state index in [9.17, 15) is 18.4 Å². The first kappa shape index (κ1) is 15.7. The number of carboxylic acid groups (broad SMARTS) is 1. The Bertz CT molecular complexity index is 583. The second-order valence-electron chi connectivity index (χ2n) is 4.80. The number of halogens is 3. The minimum Gasteiger partial charge on any atom is -0.481 e. The van der Waals surface area contributed by atoms with E-state index in [1.165, 1.54) is 4.90 Å². The summed E-state index contributed by atoms with van der Waals surface area (Å²) in [4.78, 5) is 24.4. The number of aliphatic carboxylic acids is 1. The van der Waals surface area contributed by atoms with E-state index in [1.807, 2.05) is 0 Å². The summed E-state index contributed by atoms with van der Waals surface area (Å²) in [7, 11) is 0. The number of benzene rings is 1. The summed E-state index contributed by atoms with van der Waals surface area (Å²) in [6.07, 6.45) is 1.08. The Balaban J connectivity index is 2.09. The highest BCUT2D eigenvalue weighted by Crippen LogP contribution is 2.27. The molecule has 5 nitrogen and oxygen atoms in total. The van der Waals surface area contributed by atoms with Crippen LogP contribution in [-0.4, -0.2) is 35.1 Å². The Morgan fingerprint density at radius 3 is 2.76 bits per heavy atom. The highest BCUT2D eigenvalue weighted by molar-refractivity contribution is 9.10. The Labute approximate surface area is 128 Å². The first-order valence-electron chi connectivity index (χ1n) is 6.31. The van der Waals surface area contributed by atoms with Gasteiger partial charge in [-0.3, -0.25) is 4.79 Å². The molecule has 2 N–H and O–H groups in total. The van der Waals surface area contributed by atoms with Crippen molar-refractivity contribution in [3.63, 3.8) is 0 Å². The van der Waals surface area contributed by atoms with Gasteiger partial charge < -0.3 is 15.3 Å². The molecular formula is C13H13BrF2N2O3. The molecule has 1 aromatic carbocycles. The zero-order valence-electron chi connectivity index (χ0n) is 10.9. The van der Waals surface area contributed by atoms with Crippen molar-refractivity contribution in [1.82, 2.24) is 4.90 Å². The second-order valence-corrected chi connectivity index (χ2v) is 5.60. The Hall–Kier alpha value is -1.70. The van der Waals surface area contributed by atoms with Crippen LogP contribution in [-0.2, 0) is 4.79 Å². The van der Waals surface area contributed by atoms with Crippen molar-refractivity contribution in [2.45, 2.75) is 12.8 Å². The molecule has 1 unspecified atom stereocenters. The maximum absolute atomic E-state index is 13.4. The molecule has 2 rings (SSSR count). The van der Waals surface area contributed by atoms with Crippen LogP contribution in [0.25, 0.3) is 0 Å². The fourth-order valence-corrected chi connectivity index (χ4v) is 2.53. The van der Waals surface area contributed by atoms with Gasteiger partial charge in [-0.15, -0.1) is 0 Å². The summed E-state index contributed by atoms with van der Waals surface area (Å²) in [5, 5.41) is 11.4. The summed E-state index contributed by atoms with van der Waals surface area (Å²) >= 11 is 2.93. The molecule has 0 aromatic heterocycles. The van der Waals surface area contributed by atoms with E-state index >= 15 is 0 Å². The summed E-state index contributed by atoms with van der Waals surface area (Å²) in [5.74, 6) is -3.21. The number of hydrogen-bond acceptors (Lipinski definition) is 2. The van der Waals surface area contributed by atoms with Crippen LogP contribution in [0.4, 0.5) is 19.3 Å². The normalized spacial score (nSPS) is 18.4. The quantitative estimate of drug-likeness (QED) is 0.794. The van der Waals surface area contributed by atoms with E-state index in [4.69, 9.17) is 5.11 Å². The predicted molar refractivity (Wildman–Crippen MR) is 75.0 cm³/mol. The minimum atomic E-state index is -0.953. The SMILES string of the molecule is O=C(O)C1CCCN(C(=O)Nc2cc(F)cc(F)c2Br)C1. The lowest BCUT2D eigenvalue weighted by Crippen LogP contribution is -2.44. The average Bonchev–Trinajstić information content (AvgIpc) is 2.44. The third kappa shape index (κ3) is 3.69. The fraction of sp³-hybridized carbons (Fsp3) is 0.385. The van der Waals surface area contributed by atoms with Gasteiger partial charge in [0.2, 0.25) is 0 Å². The van der Waals surface area contributed by atoms with Gasteiger partial charge in [0.25, 0.3) is 0 Å². The van der Waals surface area contributed by atoms with Crippen molar-refractivity contribution in [2.75, 3.05) is 18.4 Å². The monoisotopic (exact) mass is 362 g/mol. The van der Waals surface area contributed by atoms with Gasteiger partial charge in [0.1, 0.15) is 11.6 Å². The van der Waals surface area contributed by atoms with Crippen LogP contribution >= 0.6 is 15.9 Å². The highest BCUT2D eigenvalue weighted by Gasteiger charge is 2.28.